The first-order valence-corrected chi connectivity index (χ1v) is 10.9. The Morgan fingerprint density at radius 3 is 2.80 bits per heavy atom. The van der Waals surface area contributed by atoms with Crippen molar-refractivity contribution in [3.8, 4) is 23.0 Å². The second-order valence-electron chi connectivity index (χ2n) is 8.15. The van der Waals surface area contributed by atoms with Gasteiger partial charge in [0.05, 0.1) is 40.6 Å². The van der Waals surface area contributed by atoms with Gasteiger partial charge in [-0.05, 0) is 25.1 Å². The monoisotopic (exact) mass is 461 g/mol. The summed E-state index contributed by atoms with van der Waals surface area (Å²) in [6, 6.07) is 15.1. The Kier molecular flexibility index (Phi) is 4.53. The van der Waals surface area contributed by atoms with Gasteiger partial charge in [-0.25, -0.2) is 19.3 Å². The Morgan fingerprint density at radius 1 is 1.09 bits per heavy atom. The van der Waals surface area contributed by atoms with Crippen LogP contribution < -0.4 is 5.73 Å². The zero-order valence-electron chi connectivity index (χ0n) is 18.9. The highest BCUT2D eigenvalue weighted by Crippen LogP contribution is 2.36. The van der Waals surface area contributed by atoms with Gasteiger partial charge < -0.3 is 5.73 Å². The summed E-state index contributed by atoms with van der Waals surface area (Å²) >= 11 is 0. The fourth-order valence-electron chi connectivity index (χ4n) is 4.32. The molecule has 0 spiro atoms. The number of nitrogens with two attached hydrogens (primary N) is 1. The van der Waals surface area contributed by atoms with Crippen molar-refractivity contribution >= 4 is 27.8 Å². The number of nitriles is 1. The number of hydrogen-bond acceptors (Lipinski definition) is 8. The summed E-state index contributed by atoms with van der Waals surface area (Å²) in [4.78, 5) is 8.72. The van der Waals surface area contributed by atoms with E-state index in [1.807, 2.05) is 61.2 Å². The molecule has 0 aliphatic carbocycles. The molecule has 0 amide bonds. The summed E-state index contributed by atoms with van der Waals surface area (Å²) in [5, 5.41) is 29.0. The summed E-state index contributed by atoms with van der Waals surface area (Å²) in [7, 11) is 1.90. The van der Waals surface area contributed by atoms with E-state index in [2.05, 4.69) is 31.4 Å². The Labute approximate surface area is 199 Å². The molecular formula is C24H19N11. The van der Waals surface area contributed by atoms with E-state index in [9.17, 15) is 5.26 Å². The van der Waals surface area contributed by atoms with Crippen LogP contribution >= 0.6 is 0 Å². The Hall–Kier alpha value is -5.11. The first kappa shape index (κ1) is 20.5. The minimum atomic E-state index is -0.323. The molecule has 1 unspecified atom stereocenters. The molecule has 4 heterocycles. The van der Waals surface area contributed by atoms with E-state index < -0.39 is 0 Å². The Bertz CT molecular complexity index is 1770. The first-order chi connectivity index (χ1) is 17.1. The lowest BCUT2D eigenvalue weighted by atomic mass is 10.1. The van der Waals surface area contributed by atoms with Crippen molar-refractivity contribution in [3.05, 3.63) is 72.4 Å². The molecule has 0 fully saturated rings. The summed E-state index contributed by atoms with van der Waals surface area (Å²) in [5.41, 5.74) is 11.3. The van der Waals surface area contributed by atoms with Crippen molar-refractivity contribution in [2.75, 3.05) is 5.73 Å². The van der Waals surface area contributed by atoms with Crippen molar-refractivity contribution in [1.29, 1.82) is 5.26 Å². The van der Waals surface area contributed by atoms with Gasteiger partial charge in [0, 0.05) is 18.0 Å². The molecule has 1 atom stereocenters. The van der Waals surface area contributed by atoms with Crippen LogP contribution in [0.1, 0.15) is 24.2 Å². The SMILES string of the molecule is CC(c1cn(-c2ccccc2C#N)nn1)n1nc(-c2cccc3c2cnn3C)c2c(N)ncnc21. The number of aryl methyl sites for hydroxylation is 1. The zero-order chi connectivity index (χ0) is 24.1. The van der Waals surface area contributed by atoms with Crippen LogP contribution in [0.15, 0.2) is 61.2 Å². The van der Waals surface area contributed by atoms with Crippen molar-refractivity contribution < 1.29 is 0 Å². The second kappa shape index (κ2) is 7.74. The summed E-state index contributed by atoms with van der Waals surface area (Å²) in [5.74, 6) is 0.343. The third-order valence-electron chi connectivity index (χ3n) is 6.14. The van der Waals surface area contributed by atoms with Gasteiger partial charge in [-0.15, -0.1) is 5.10 Å². The lowest BCUT2D eigenvalue weighted by molar-refractivity contribution is 0.565. The van der Waals surface area contributed by atoms with Gasteiger partial charge in [0.25, 0.3) is 0 Å². The maximum absolute atomic E-state index is 9.45. The molecule has 0 saturated heterocycles. The average Bonchev–Trinajstić information content (AvgIpc) is 3.62. The van der Waals surface area contributed by atoms with Crippen molar-refractivity contribution in [1.82, 2.24) is 44.5 Å². The second-order valence-corrected chi connectivity index (χ2v) is 8.15. The third-order valence-corrected chi connectivity index (χ3v) is 6.14. The number of para-hydroxylation sites is 1. The van der Waals surface area contributed by atoms with E-state index in [4.69, 9.17) is 10.8 Å². The van der Waals surface area contributed by atoms with Gasteiger partial charge in [0.2, 0.25) is 0 Å². The molecule has 35 heavy (non-hydrogen) atoms. The molecule has 0 bridgehead atoms. The number of fused-ring (bicyclic) bond motifs is 2. The normalized spacial score (nSPS) is 12.3. The predicted molar refractivity (Wildman–Crippen MR) is 129 cm³/mol. The molecule has 6 rings (SSSR count). The van der Waals surface area contributed by atoms with Gasteiger partial charge >= 0.3 is 0 Å². The maximum Gasteiger partial charge on any atom is 0.164 e. The number of nitrogen functional groups attached to an aromatic ring is 1. The molecular weight excluding hydrogens is 442 g/mol. The van der Waals surface area contributed by atoms with Gasteiger partial charge in [0.1, 0.15) is 29.6 Å². The number of aromatic nitrogens is 9. The lowest BCUT2D eigenvalue weighted by Gasteiger charge is -2.09. The molecule has 2 aromatic carbocycles. The number of benzene rings is 2. The van der Waals surface area contributed by atoms with Crippen molar-refractivity contribution in [2.45, 2.75) is 13.0 Å². The predicted octanol–water partition coefficient (Wildman–Crippen LogP) is 3.02. The molecule has 0 aliphatic heterocycles. The maximum atomic E-state index is 9.45. The Balaban J connectivity index is 1.51. The fraction of sp³-hybridized carbons (Fsp3) is 0.125. The highest BCUT2D eigenvalue weighted by atomic mass is 15.4. The molecule has 170 valence electrons. The van der Waals surface area contributed by atoms with E-state index in [-0.39, 0.29) is 6.04 Å². The molecule has 6 aromatic rings. The number of rotatable bonds is 4. The van der Waals surface area contributed by atoms with Crippen LogP contribution in [-0.4, -0.2) is 44.5 Å². The van der Waals surface area contributed by atoms with Crippen LogP contribution in [-0.2, 0) is 7.05 Å². The average molecular weight is 461 g/mol. The first-order valence-electron chi connectivity index (χ1n) is 10.9. The van der Waals surface area contributed by atoms with Crippen molar-refractivity contribution in [2.24, 2.45) is 7.05 Å². The van der Waals surface area contributed by atoms with E-state index in [0.717, 1.165) is 16.5 Å². The minimum absolute atomic E-state index is 0.323. The minimum Gasteiger partial charge on any atom is -0.383 e. The Morgan fingerprint density at radius 2 is 1.94 bits per heavy atom. The van der Waals surface area contributed by atoms with Gasteiger partial charge in [-0.3, -0.25) is 4.68 Å². The van der Waals surface area contributed by atoms with E-state index in [0.29, 0.717) is 39.5 Å². The third kappa shape index (κ3) is 3.12. The summed E-state index contributed by atoms with van der Waals surface area (Å²) in [6.07, 6.45) is 5.04. The largest absolute Gasteiger partial charge is 0.383 e. The molecule has 0 radical (unpaired) electrons. The van der Waals surface area contributed by atoms with Crippen LogP contribution in [0.5, 0.6) is 0 Å². The van der Waals surface area contributed by atoms with Crippen LogP contribution in [0.4, 0.5) is 5.82 Å². The van der Waals surface area contributed by atoms with Gasteiger partial charge in [-0.1, -0.05) is 29.5 Å². The summed E-state index contributed by atoms with van der Waals surface area (Å²) in [6.45, 7) is 1.96. The molecule has 0 aliphatic rings. The van der Waals surface area contributed by atoms with E-state index in [1.165, 1.54) is 6.33 Å². The van der Waals surface area contributed by atoms with Crippen LogP contribution in [0.3, 0.4) is 0 Å². The molecule has 0 saturated carbocycles. The lowest BCUT2D eigenvalue weighted by Crippen LogP contribution is -2.10. The molecule has 11 heteroatoms. The fourth-order valence-corrected chi connectivity index (χ4v) is 4.32. The van der Waals surface area contributed by atoms with E-state index in [1.54, 1.807) is 21.6 Å². The molecule has 4 aromatic heterocycles. The molecule has 2 N–H and O–H groups in total. The van der Waals surface area contributed by atoms with Gasteiger partial charge in [-0.2, -0.15) is 15.5 Å². The number of hydrogen-bond donors (Lipinski definition) is 1. The highest BCUT2D eigenvalue weighted by Gasteiger charge is 2.24. The van der Waals surface area contributed by atoms with Crippen LogP contribution in [0, 0.1) is 11.3 Å². The van der Waals surface area contributed by atoms with Crippen LogP contribution in [0.2, 0.25) is 0 Å². The smallest absolute Gasteiger partial charge is 0.164 e. The van der Waals surface area contributed by atoms with Crippen LogP contribution in [0.25, 0.3) is 38.9 Å². The van der Waals surface area contributed by atoms with E-state index >= 15 is 0 Å². The van der Waals surface area contributed by atoms with Gasteiger partial charge in [0.15, 0.2) is 5.65 Å². The van der Waals surface area contributed by atoms with Crippen molar-refractivity contribution in [3.63, 3.8) is 0 Å². The quantitative estimate of drug-likeness (QED) is 0.422. The topological polar surface area (TPSA) is 142 Å². The number of anilines is 1. The number of nitrogens with zero attached hydrogens (tertiary/aromatic N) is 10. The molecule has 11 nitrogen and oxygen atoms in total. The zero-order valence-corrected chi connectivity index (χ0v) is 18.9. The standard InChI is InChI=1S/C24H19N11/c1-14(18-12-34(32-30-18)19-8-4-3-6-15(19)10-25)35-24-21(23(26)27-13-28-24)22(31-35)16-7-5-9-20-17(16)11-29-33(20)2/h3-9,11-14H,1-2H3,(H2,26,27,28). The summed E-state index contributed by atoms with van der Waals surface area (Å²) < 4.78 is 5.19. The highest BCUT2D eigenvalue weighted by molar-refractivity contribution is 6.05.